The van der Waals surface area contributed by atoms with E-state index in [1.54, 1.807) is 12.1 Å². The predicted octanol–water partition coefficient (Wildman–Crippen LogP) is 1.08. The fourth-order valence-electron chi connectivity index (χ4n) is 1.65. The highest BCUT2D eigenvalue weighted by Gasteiger charge is 2.18. The van der Waals surface area contributed by atoms with Gasteiger partial charge in [-0.3, -0.25) is 4.99 Å². The third-order valence-electron chi connectivity index (χ3n) is 2.76. The van der Waals surface area contributed by atoms with E-state index in [1.807, 2.05) is 6.92 Å². The maximum atomic E-state index is 12.0. The molecule has 0 saturated carbocycles. The van der Waals surface area contributed by atoms with Gasteiger partial charge in [-0.1, -0.05) is 17.7 Å². The van der Waals surface area contributed by atoms with E-state index in [4.69, 9.17) is 4.74 Å². The first-order chi connectivity index (χ1) is 9.78. The summed E-state index contributed by atoms with van der Waals surface area (Å²) in [6.45, 7) is 2.62. The molecular weight excluding hydrogens is 314 g/mol. The zero-order valence-corrected chi connectivity index (χ0v) is 13.0. The highest BCUT2D eigenvalue weighted by molar-refractivity contribution is 7.98. The maximum Gasteiger partial charge on any atom is 0.200 e. The number of sulfone groups is 2. The summed E-state index contributed by atoms with van der Waals surface area (Å²) in [6.07, 6.45) is 0. The van der Waals surface area contributed by atoms with Crippen LogP contribution in [0.25, 0.3) is 0 Å². The first-order valence-electron chi connectivity index (χ1n) is 6.17. The SMILES string of the molecule is Cc1ccc(S(=O)(=O)/C=C/S(=O)(=O)CC2=NCCO2)cc1. The van der Waals surface area contributed by atoms with Gasteiger partial charge in [0.05, 0.1) is 11.4 Å². The molecule has 0 amide bonds. The summed E-state index contributed by atoms with van der Waals surface area (Å²) < 4.78 is 52.6. The summed E-state index contributed by atoms with van der Waals surface area (Å²) in [7, 11) is -7.51. The number of aliphatic imine (C=N–C) groups is 1. The Morgan fingerprint density at radius 1 is 1.14 bits per heavy atom. The molecule has 1 aliphatic heterocycles. The second-order valence-electron chi connectivity index (χ2n) is 4.56. The maximum absolute atomic E-state index is 12.0. The third kappa shape index (κ3) is 4.40. The number of nitrogens with zero attached hydrogens (tertiary/aromatic N) is 1. The Kier molecular flexibility index (Phi) is 4.48. The van der Waals surface area contributed by atoms with Crippen molar-refractivity contribution in [2.24, 2.45) is 4.99 Å². The second kappa shape index (κ2) is 5.98. The van der Waals surface area contributed by atoms with E-state index in [0.29, 0.717) is 24.0 Å². The summed E-state index contributed by atoms with van der Waals surface area (Å²) in [4.78, 5) is 3.92. The van der Waals surface area contributed by atoms with Crippen LogP contribution in [0.1, 0.15) is 5.56 Å². The van der Waals surface area contributed by atoms with Gasteiger partial charge in [0.1, 0.15) is 12.4 Å². The minimum Gasteiger partial charge on any atom is -0.478 e. The fraction of sp³-hybridized carbons (Fsp3) is 0.308. The van der Waals surface area contributed by atoms with Crippen LogP contribution in [0.15, 0.2) is 45.0 Å². The van der Waals surface area contributed by atoms with E-state index in [1.165, 1.54) is 12.1 Å². The largest absolute Gasteiger partial charge is 0.478 e. The number of benzene rings is 1. The van der Waals surface area contributed by atoms with Gasteiger partial charge in [-0.15, -0.1) is 0 Å². The Labute approximate surface area is 124 Å². The predicted molar refractivity (Wildman–Crippen MR) is 79.5 cm³/mol. The first-order valence-corrected chi connectivity index (χ1v) is 9.43. The molecule has 21 heavy (non-hydrogen) atoms. The number of aryl methyl sites for hydroxylation is 1. The lowest BCUT2D eigenvalue weighted by molar-refractivity contribution is 0.345. The molecule has 0 aliphatic carbocycles. The molecule has 1 heterocycles. The molecule has 0 unspecified atom stereocenters. The molecule has 1 aliphatic rings. The average molecular weight is 329 g/mol. The molecule has 0 spiro atoms. The van der Waals surface area contributed by atoms with Crippen LogP contribution in [-0.4, -0.2) is 41.6 Å². The van der Waals surface area contributed by atoms with Crippen LogP contribution in [0.3, 0.4) is 0 Å². The average Bonchev–Trinajstić information content (AvgIpc) is 2.89. The standard InChI is InChI=1S/C13H15NO5S2/c1-11-2-4-12(5-3-11)21(17,18)9-8-20(15,16)10-13-14-6-7-19-13/h2-5,8-9H,6-7,10H2,1H3/b9-8+. The number of rotatable bonds is 5. The molecule has 0 atom stereocenters. The van der Waals surface area contributed by atoms with Crippen molar-refractivity contribution in [1.29, 1.82) is 0 Å². The minimum atomic E-state index is -3.78. The summed E-state index contributed by atoms with van der Waals surface area (Å²) in [6, 6.07) is 6.17. The van der Waals surface area contributed by atoms with E-state index < -0.39 is 25.4 Å². The minimum absolute atomic E-state index is 0.0500. The smallest absolute Gasteiger partial charge is 0.200 e. The molecular formula is C13H15NO5S2. The first kappa shape index (κ1) is 15.7. The highest BCUT2D eigenvalue weighted by Crippen LogP contribution is 2.14. The molecule has 2 rings (SSSR count). The van der Waals surface area contributed by atoms with Crippen LogP contribution >= 0.6 is 0 Å². The molecule has 0 bridgehead atoms. The molecule has 114 valence electrons. The lowest BCUT2D eigenvalue weighted by Gasteiger charge is -2.01. The number of hydrogen-bond acceptors (Lipinski definition) is 6. The molecule has 1 aromatic rings. The normalized spacial score (nSPS) is 16.0. The monoisotopic (exact) mass is 329 g/mol. The number of ether oxygens (including phenoxy) is 1. The van der Waals surface area contributed by atoms with E-state index in [0.717, 1.165) is 5.56 Å². The molecule has 0 saturated heterocycles. The van der Waals surface area contributed by atoms with E-state index in [2.05, 4.69) is 4.99 Å². The Morgan fingerprint density at radius 2 is 1.81 bits per heavy atom. The summed E-state index contributed by atoms with van der Waals surface area (Å²) >= 11 is 0. The highest BCUT2D eigenvalue weighted by atomic mass is 32.2. The van der Waals surface area contributed by atoms with E-state index in [9.17, 15) is 16.8 Å². The molecule has 1 aromatic carbocycles. The zero-order valence-electron chi connectivity index (χ0n) is 11.4. The van der Waals surface area contributed by atoms with Gasteiger partial charge in [0.15, 0.2) is 15.7 Å². The Bertz CT molecular complexity index is 774. The summed E-state index contributed by atoms with van der Waals surface area (Å²) in [5, 5.41) is 1.38. The van der Waals surface area contributed by atoms with Crippen LogP contribution in [0.4, 0.5) is 0 Å². The second-order valence-corrected chi connectivity index (χ2v) is 8.28. The Hall–Kier alpha value is -1.67. The van der Waals surface area contributed by atoms with Gasteiger partial charge in [0.2, 0.25) is 9.84 Å². The van der Waals surface area contributed by atoms with Gasteiger partial charge in [0.25, 0.3) is 0 Å². The topological polar surface area (TPSA) is 89.9 Å². The Balaban J connectivity index is 2.17. The van der Waals surface area contributed by atoms with Crippen LogP contribution in [0.2, 0.25) is 0 Å². The van der Waals surface area contributed by atoms with E-state index in [-0.39, 0.29) is 10.8 Å². The van der Waals surface area contributed by atoms with Crippen LogP contribution in [0, 0.1) is 6.92 Å². The quantitative estimate of drug-likeness (QED) is 0.806. The fourth-order valence-corrected chi connectivity index (χ4v) is 4.20. The lowest BCUT2D eigenvalue weighted by atomic mass is 10.2. The van der Waals surface area contributed by atoms with Gasteiger partial charge < -0.3 is 4.74 Å². The van der Waals surface area contributed by atoms with Crippen molar-refractivity contribution in [2.75, 3.05) is 18.9 Å². The molecule has 0 N–H and O–H groups in total. The van der Waals surface area contributed by atoms with Gasteiger partial charge >= 0.3 is 0 Å². The third-order valence-corrected chi connectivity index (χ3v) is 5.56. The van der Waals surface area contributed by atoms with Crippen molar-refractivity contribution in [3.8, 4) is 0 Å². The van der Waals surface area contributed by atoms with Crippen LogP contribution in [-0.2, 0) is 24.4 Å². The molecule has 6 nitrogen and oxygen atoms in total. The molecule has 0 radical (unpaired) electrons. The van der Waals surface area contributed by atoms with Crippen molar-refractivity contribution < 1.29 is 21.6 Å². The summed E-state index contributed by atoms with van der Waals surface area (Å²) in [5.74, 6) is -0.306. The molecule has 0 fully saturated rings. The van der Waals surface area contributed by atoms with E-state index >= 15 is 0 Å². The van der Waals surface area contributed by atoms with Crippen molar-refractivity contribution in [2.45, 2.75) is 11.8 Å². The van der Waals surface area contributed by atoms with Crippen molar-refractivity contribution in [3.63, 3.8) is 0 Å². The van der Waals surface area contributed by atoms with Crippen molar-refractivity contribution in [1.82, 2.24) is 0 Å². The lowest BCUT2D eigenvalue weighted by Crippen LogP contribution is -2.14. The van der Waals surface area contributed by atoms with Gasteiger partial charge in [0, 0.05) is 10.8 Å². The van der Waals surface area contributed by atoms with Gasteiger partial charge in [-0.2, -0.15) is 0 Å². The molecule has 8 heteroatoms. The van der Waals surface area contributed by atoms with Crippen molar-refractivity contribution >= 4 is 25.6 Å². The van der Waals surface area contributed by atoms with Gasteiger partial charge in [-0.05, 0) is 19.1 Å². The van der Waals surface area contributed by atoms with Crippen LogP contribution < -0.4 is 0 Å². The van der Waals surface area contributed by atoms with Crippen molar-refractivity contribution in [3.05, 3.63) is 40.6 Å². The van der Waals surface area contributed by atoms with Crippen LogP contribution in [0.5, 0.6) is 0 Å². The van der Waals surface area contributed by atoms with Gasteiger partial charge in [-0.25, -0.2) is 16.8 Å². The molecule has 0 aromatic heterocycles. The Morgan fingerprint density at radius 3 is 2.38 bits per heavy atom. The summed E-state index contributed by atoms with van der Waals surface area (Å²) in [5.41, 5.74) is 0.918. The zero-order chi connectivity index (χ0) is 15.5. The number of hydrogen-bond donors (Lipinski definition) is 0.